The predicted octanol–water partition coefficient (Wildman–Crippen LogP) is 4.96. The first-order valence-electron chi connectivity index (χ1n) is 18.4. The lowest BCUT2D eigenvalue weighted by Crippen LogP contribution is -2.55. The number of aliphatic hydroxyl groups is 2. The molecule has 0 radical (unpaired) electrons. The Hall–Kier alpha value is -5.29. The van der Waals surface area contributed by atoms with Gasteiger partial charge in [0.1, 0.15) is 5.54 Å². The number of fused-ring (bicyclic) bond motifs is 1. The topological polar surface area (TPSA) is 117 Å². The van der Waals surface area contributed by atoms with E-state index in [4.69, 9.17) is 0 Å². The monoisotopic (exact) mass is 713 g/mol. The fraction of sp³-hybridized carbons (Fsp3) is 0.326. The zero-order valence-electron chi connectivity index (χ0n) is 30.1. The minimum Gasteiger partial charge on any atom is -0.395 e. The van der Waals surface area contributed by atoms with Crippen molar-refractivity contribution in [2.75, 3.05) is 47.6 Å². The molecular formula is C43H47N5O5. The quantitative estimate of drug-likeness (QED) is 0.178. The van der Waals surface area contributed by atoms with Crippen molar-refractivity contribution in [3.8, 4) is 0 Å². The Kier molecular flexibility index (Phi) is 10.5. The summed E-state index contributed by atoms with van der Waals surface area (Å²) in [4.78, 5) is 49.4. The number of anilines is 3. The van der Waals surface area contributed by atoms with Crippen LogP contribution < -0.4 is 20.0 Å². The zero-order valence-corrected chi connectivity index (χ0v) is 30.1. The molecule has 4 aromatic carbocycles. The standard InChI is InChI=1S/C43H47N5O5/c1-32(12-11-19-39(50)45(26-27-49)29-33-13-5-2-6-14-33)43(53)37-28-36(20-21-38(37)46(41(43)52)30-34-15-7-3-8-16-34)47-31-48(35-17-9-4-10-18-35)42(40(47)51)22-24-44-25-23-42/h2-18,20-21,28,32,44,49,53H,19,22-27,29-31H2,1H3/b12-11+/t32-,43+/m1/s1. The van der Waals surface area contributed by atoms with E-state index in [1.807, 2.05) is 103 Å². The lowest BCUT2D eigenvalue weighted by molar-refractivity contribution is -0.139. The molecule has 3 N–H and O–H groups in total. The highest BCUT2D eigenvalue weighted by molar-refractivity contribution is 6.10. The second kappa shape index (κ2) is 15.4. The second-order valence-electron chi connectivity index (χ2n) is 14.2. The molecule has 3 aliphatic heterocycles. The van der Waals surface area contributed by atoms with E-state index in [2.05, 4.69) is 10.2 Å². The predicted molar refractivity (Wildman–Crippen MR) is 206 cm³/mol. The zero-order chi connectivity index (χ0) is 37.0. The molecule has 274 valence electrons. The Balaban J connectivity index is 1.20. The number of piperidine rings is 1. The molecule has 0 saturated carbocycles. The number of para-hydroxylation sites is 1. The summed E-state index contributed by atoms with van der Waals surface area (Å²) in [6.07, 6.45) is 4.78. The number of nitrogens with zero attached hydrogens (tertiary/aromatic N) is 4. The van der Waals surface area contributed by atoms with Crippen LogP contribution in [0.4, 0.5) is 17.1 Å². The molecule has 53 heavy (non-hydrogen) atoms. The van der Waals surface area contributed by atoms with E-state index in [1.54, 1.807) is 39.8 Å². The van der Waals surface area contributed by atoms with Gasteiger partial charge in [-0.15, -0.1) is 0 Å². The SMILES string of the molecule is C[C@H](/C=C/CC(=O)N(CCO)Cc1ccccc1)[C@@]1(O)C(=O)N(Cc2ccccc2)c2ccc(N3CN(c4ccccc4)C4(CCNCC4)C3=O)cc21. The van der Waals surface area contributed by atoms with Gasteiger partial charge in [0.15, 0.2) is 5.60 Å². The van der Waals surface area contributed by atoms with Crippen molar-refractivity contribution in [3.05, 3.63) is 138 Å². The number of carbonyl (C=O) groups excluding carboxylic acids is 3. The van der Waals surface area contributed by atoms with Gasteiger partial charge in [-0.1, -0.05) is 97.9 Å². The molecule has 0 bridgehead atoms. The highest BCUT2D eigenvalue weighted by Crippen LogP contribution is 2.48. The van der Waals surface area contributed by atoms with Crippen LogP contribution in [0.5, 0.6) is 0 Å². The number of amides is 3. The van der Waals surface area contributed by atoms with Gasteiger partial charge >= 0.3 is 0 Å². The van der Waals surface area contributed by atoms with E-state index in [9.17, 15) is 24.6 Å². The summed E-state index contributed by atoms with van der Waals surface area (Å²) in [7, 11) is 0. The van der Waals surface area contributed by atoms with Crippen molar-refractivity contribution >= 4 is 34.8 Å². The Labute approximate surface area is 310 Å². The largest absolute Gasteiger partial charge is 0.395 e. The Morgan fingerprint density at radius 2 is 1.51 bits per heavy atom. The van der Waals surface area contributed by atoms with Crippen LogP contribution in [0.15, 0.2) is 121 Å². The first-order valence-corrected chi connectivity index (χ1v) is 18.4. The second-order valence-corrected chi connectivity index (χ2v) is 14.2. The van der Waals surface area contributed by atoms with Crippen molar-refractivity contribution in [3.63, 3.8) is 0 Å². The summed E-state index contributed by atoms with van der Waals surface area (Å²) in [6, 6.07) is 34.8. The van der Waals surface area contributed by atoms with Gasteiger partial charge in [0.2, 0.25) is 5.91 Å². The van der Waals surface area contributed by atoms with E-state index in [1.165, 1.54) is 0 Å². The third-order valence-electron chi connectivity index (χ3n) is 11.0. The van der Waals surface area contributed by atoms with Crippen LogP contribution in [0, 0.1) is 5.92 Å². The van der Waals surface area contributed by atoms with Crippen molar-refractivity contribution in [1.29, 1.82) is 0 Å². The van der Waals surface area contributed by atoms with Crippen LogP contribution >= 0.6 is 0 Å². The number of hydrogen-bond donors (Lipinski definition) is 3. The lowest BCUT2D eigenvalue weighted by Gasteiger charge is -2.39. The summed E-state index contributed by atoms with van der Waals surface area (Å²) < 4.78 is 0. The van der Waals surface area contributed by atoms with Gasteiger partial charge in [-0.3, -0.25) is 19.3 Å². The minimum absolute atomic E-state index is 0.00574. The van der Waals surface area contributed by atoms with Gasteiger partial charge in [0.05, 0.1) is 25.5 Å². The van der Waals surface area contributed by atoms with E-state index in [0.29, 0.717) is 43.0 Å². The van der Waals surface area contributed by atoms with Gasteiger partial charge in [0.25, 0.3) is 11.8 Å². The van der Waals surface area contributed by atoms with Gasteiger partial charge in [-0.05, 0) is 67.4 Å². The van der Waals surface area contributed by atoms with Crippen LogP contribution in [-0.4, -0.2) is 71.3 Å². The average Bonchev–Trinajstić information content (AvgIpc) is 3.58. The molecule has 0 aliphatic carbocycles. The molecule has 10 heteroatoms. The van der Waals surface area contributed by atoms with Gasteiger partial charge < -0.3 is 30.2 Å². The highest BCUT2D eigenvalue weighted by atomic mass is 16.3. The first kappa shape index (κ1) is 36.1. The Bertz CT molecular complexity index is 1950. The minimum atomic E-state index is -1.96. The maximum atomic E-state index is 14.5. The number of carbonyl (C=O) groups is 3. The smallest absolute Gasteiger partial charge is 0.264 e. The molecule has 2 fully saturated rings. The van der Waals surface area contributed by atoms with Crippen molar-refractivity contribution in [2.45, 2.75) is 50.4 Å². The fourth-order valence-corrected chi connectivity index (χ4v) is 8.05. The molecule has 10 nitrogen and oxygen atoms in total. The van der Waals surface area contributed by atoms with E-state index < -0.39 is 23.0 Å². The Morgan fingerprint density at radius 3 is 2.17 bits per heavy atom. The van der Waals surface area contributed by atoms with Gasteiger partial charge in [-0.2, -0.15) is 0 Å². The molecule has 7 rings (SSSR count). The van der Waals surface area contributed by atoms with E-state index >= 15 is 0 Å². The summed E-state index contributed by atoms with van der Waals surface area (Å²) in [5, 5.41) is 25.6. The number of nitrogens with one attached hydrogen (secondary N) is 1. The van der Waals surface area contributed by atoms with Crippen LogP contribution in [0.25, 0.3) is 0 Å². The van der Waals surface area contributed by atoms with Gasteiger partial charge in [0, 0.05) is 42.4 Å². The summed E-state index contributed by atoms with van der Waals surface area (Å²) in [6.45, 7) is 4.23. The van der Waals surface area contributed by atoms with Crippen LogP contribution in [0.3, 0.4) is 0 Å². The fourth-order valence-electron chi connectivity index (χ4n) is 8.05. The van der Waals surface area contributed by atoms with Gasteiger partial charge in [-0.25, -0.2) is 0 Å². The van der Waals surface area contributed by atoms with Crippen molar-refractivity contribution in [2.24, 2.45) is 5.92 Å². The number of rotatable bonds is 12. The number of hydrogen-bond acceptors (Lipinski definition) is 7. The molecular weight excluding hydrogens is 667 g/mol. The average molecular weight is 714 g/mol. The molecule has 3 amide bonds. The maximum absolute atomic E-state index is 14.5. The van der Waals surface area contributed by atoms with Crippen molar-refractivity contribution < 1.29 is 24.6 Å². The maximum Gasteiger partial charge on any atom is 0.264 e. The van der Waals surface area contributed by atoms with Crippen LogP contribution in [-0.2, 0) is 33.1 Å². The van der Waals surface area contributed by atoms with Crippen LogP contribution in [0.1, 0.15) is 42.9 Å². The molecule has 2 atom stereocenters. The third-order valence-corrected chi connectivity index (χ3v) is 11.0. The van der Waals surface area contributed by atoms with E-state index in [0.717, 1.165) is 29.9 Å². The molecule has 0 aromatic heterocycles. The summed E-state index contributed by atoms with van der Waals surface area (Å²) >= 11 is 0. The summed E-state index contributed by atoms with van der Waals surface area (Å²) in [5.41, 5.74) is 1.81. The molecule has 3 aliphatic rings. The van der Waals surface area contributed by atoms with Crippen LogP contribution in [0.2, 0.25) is 0 Å². The number of aliphatic hydroxyl groups excluding tert-OH is 1. The molecule has 3 heterocycles. The molecule has 1 spiro atoms. The summed E-state index contributed by atoms with van der Waals surface area (Å²) in [5.74, 6) is -1.35. The lowest BCUT2D eigenvalue weighted by atomic mass is 9.82. The molecule has 2 saturated heterocycles. The normalized spacial score (nSPS) is 20.0. The van der Waals surface area contributed by atoms with E-state index in [-0.39, 0.29) is 37.9 Å². The Morgan fingerprint density at radius 1 is 0.868 bits per heavy atom. The van der Waals surface area contributed by atoms with Crippen molar-refractivity contribution in [1.82, 2.24) is 10.2 Å². The molecule has 4 aromatic rings. The number of benzene rings is 4. The first-order chi connectivity index (χ1) is 25.8. The third kappa shape index (κ3) is 6.85. The molecule has 0 unspecified atom stereocenters. The highest BCUT2D eigenvalue weighted by Gasteiger charge is 2.55.